The number of hydrogen-bond acceptors (Lipinski definition) is 5. The van der Waals surface area contributed by atoms with Gasteiger partial charge >= 0.3 is 0 Å². The monoisotopic (exact) mass is 496 g/mol. The Morgan fingerprint density at radius 2 is 1.48 bits per heavy atom. The molecule has 0 bridgehead atoms. The first kappa shape index (κ1) is 21.5. The third kappa shape index (κ3) is 2.66. The Morgan fingerprint density at radius 1 is 0.839 bits per heavy atom. The Balaban J connectivity index is 1.33. The summed E-state index contributed by atoms with van der Waals surface area (Å²) in [6.45, 7) is 9.60. The van der Waals surface area contributed by atoms with E-state index in [1.54, 1.807) is 0 Å². The maximum atomic E-state index is 14.1. The average Bonchev–Trinajstić information content (AvgIpc) is 3.44. The first-order chi connectivity index (χ1) is 14.7. The summed E-state index contributed by atoms with van der Waals surface area (Å²) in [6, 6.07) is 0. The second kappa shape index (κ2) is 6.78. The van der Waals surface area contributed by atoms with Crippen LogP contribution in [0.15, 0.2) is 0 Å². The minimum atomic E-state index is -0.536. The molecule has 5 nitrogen and oxygen atoms in total. The number of ketones is 1. The van der Waals surface area contributed by atoms with E-state index in [2.05, 4.69) is 36.7 Å². The van der Waals surface area contributed by atoms with Gasteiger partial charge in [-0.25, -0.2) is 0 Å². The molecule has 6 aliphatic rings. The number of halogens is 1. The van der Waals surface area contributed by atoms with E-state index >= 15 is 0 Å². The van der Waals surface area contributed by atoms with Crippen molar-refractivity contribution in [2.45, 2.75) is 88.0 Å². The van der Waals surface area contributed by atoms with Crippen LogP contribution in [0.25, 0.3) is 0 Å². The molecular formula is C25H37BrO5. The first-order valence-corrected chi connectivity index (χ1v) is 13.2. The zero-order valence-corrected chi connectivity index (χ0v) is 20.8. The van der Waals surface area contributed by atoms with Crippen molar-refractivity contribution in [2.24, 2.45) is 34.5 Å². The summed E-state index contributed by atoms with van der Waals surface area (Å²) in [6.07, 6.45) is 7.99. The zero-order valence-electron chi connectivity index (χ0n) is 19.2. The van der Waals surface area contributed by atoms with E-state index in [0.29, 0.717) is 56.4 Å². The van der Waals surface area contributed by atoms with Crippen molar-refractivity contribution in [1.82, 2.24) is 0 Å². The molecule has 7 atom stereocenters. The molecule has 0 radical (unpaired) electrons. The number of rotatable bonds is 1. The van der Waals surface area contributed by atoms with Crippen LogP contribution < -0.4 is 0 Å². The molecule has 0 N–H and O–H groups in total. The number of fused-ring (bicyclic) bond motifs is 5. The highest BCUT2D eigenvalue weighted by Gasteiger charge is 2.72. The second-order valence-electron chi connectivity index (χ2n) is 11.9. The molecule has 0 amide bonds. The molecule has 0 unspecified atom stereocenters. The van der Waals surface area contributed by atoms with Gasteiger partial charge < -0.3 is 18.9 Å². The Hall–Kier alpha value is -0.0100. The van der Waals surface area contributed by atoms with Gasteiger partial charge in [0.05, 0.1) is 30.8 Å². The summed E-state index contributed by atoms with van der Waals surface area (Å²) < 4.78 is 24.0. The largest absolute Gasteiger partial charge is 0.348 e. The second-order valence-corrected chi connectivity index (χ2v) is 13.1. The summed E-state index contributed by atoms with van der Waals surface area (Å²) >= 11 is 4.22. The quantitative estimate of drug-likeness (QED) is 0.485. The van der Waals surface area contributed by atoms with Crippen molar-refractivity contribution in [2.75, 3.05) is 26.4 Å². The third-order valence-corrected chi connectivity index (χ3v) is 12.7. The van der Waals surface area contributed by atoms with Gasteiger partial charge in [0, 0.05) is 25.2 Å². The van der Waals surface area contributed by atoms with E-state index in [-0.39, 0.29) is 16.7 Å². The molecule has 2 saturated heterocycles. The summed E-state index contributed by atoms with van der Waals surface area (Å²) in [4.78, 5) is 14.1. The van der Waals surface area contributed by atoms with Gasteiger partial charge in [-0.15, -0.1) is 0 Å². The third-order valence-electron chi connectivity index (χ3n) is 10.8. The lowest BCUT2D eigenvalue weighted by molar-refractivity contribution is -0.229. The normalized spacial score (nSPS) is 52.7. The standard InChI is InChI=1S/C25H37BrO5/c1-21-15-20(27)25(26)18(17(21)6-7-19(21)23(3)28-10-11-29-23)5-4-16-14-24(30-12-13-31-24)9-8-22(16,25)2/h16-19H,4-15H2,1-3H3/t16-,17+,18-,19+,21-,22-,25-/m0/s1. The molecule has 6 heteroatoms. The Bertz CT molecular complexity index is 774. The van der Waals surface area contributed by atoms with Gasteiger partial charge in [-0.05, 0) is 67.6 Å². The Labute approximate surface area is 194 Å². The molecule has 4 saturated carbocycles. The predicted octanol–water partition coefficient (Wildman–Crippen LogP) is 4.85. The van der Waals surface area contributed by atoms with Gasteiger partial charge in [-0.3, -0.25) is 4.79 Å². The highest BCUT2D eigenvalue weighted by molar-refractivity contribution is 9.10. The van der Waals surface area contributed by atoms with Crippen molar-refractivity contribution in [3.05, 3.63) is 0 Å². The number of carbonyl (C=O) groups is 1. The number of hydrogen-bond donors (Lipinski definition) is 0. The first-order valence-electron chi connectivity index (χ1n) is 12.5. The summed E-state index contributed by atoms with van der Waals surface area (Å²) in [7, 11) is 0. The maximum absolute atomic E-state index is 14.1. The fraction of sp³-hybridized carbons (Fsp3) is 0.960. The van der Waals surface area contributed by atoms with E-state index in [0.717, 1.165) is 38.5 Å². The molecule has 6 fully saturated rings. The van der Waals surface area contributed by atoms with Crippen molar-refractivity contribution in [3.8, 4) is 0 Å². The van der Waals surface area contributed by atoms with Gasteiger partial charge in [0.1, 0.15) is 0 Å². The highest BCUT2D eigenvalue weighted by atomic mass is 79.9. The number of ether oxygens (including phenoxy) is 4. The van der Waals surface area contributed by atoms with Crippen LogP contribution in [-0.4, -0.2) is 48.1 Å². The van der Waals surface area contributed by atoms with Crippen LogP contribution >= 0.6 is 15.9 Å². The zero-order chi connectivity index (χ0) is 21.7. The Kier molecular flexibility index (Phi) is 4.70. The Morgan fingerprint density at radius 3 is 2.19 bits per heavy atom. The molecule has 0 aromatic carbocycles. The molecule has 0 aromatic rings. The SMILES string of the molecule is CC1([C@@H]2CC[C@@H]3[C@@H]4CC[C@H]5CC6(CC[C@]5(C)[C@@]4(Br)C(=O)C[C@@]32C)OCCO6)OCCO1. The predicted molar refractivity (Wildman–Crippen MR) is 119 cm³/mol. The minimum Gasteiger partial charge on any atom is -0.348 e. The van der Waals surface area contributed by atoms with E-state index in [4.69, 9.17) is 18.9 Å². The van der Waals surface area contributed by atoms with E-state index < -0.39 is 15.9 Å². The highest BCUT2D eigenvalue weighted by Crippen LogP contribution is 2.72. The van der Waals surface area contributed by atoms with Crippen LogP contribution in [0.4, 0.5) is 0 Å². The van der Waals surface area contributed by atoms with Gasteiger partial charge in [-0.2, -0.15) is 0 Å². The molecule has 174 valence electrons. The summed E-state index contributed by atoms with van der Waals surface area (Å²) in [5.74, 6) is 1.15. The van der Waals surface area contributed by atoms with Crippen molar-refractivity contribution in [1.29, 1.82) is 0 Å². The van der Waals surface area contributed by atoms with E-state index in [1.807, 2.05) is 0 Å². The van der Waals surface area contributed by atoms with E-state index in [1.165, 1.54) is 6.42 Å². The van der Waals surface area contributed by atoms with Crippen LogP contribution in [0.1, 0.15) is 72.1 Å². The molecule has 6 rings (SSSR count). The van der Waals surface area contributed by atoms with Gasteiger partial charge in [0.2, 0.25) is 0 Å². The van der Waals surface area contributed by atoms with Crippen LogP contribution in [0.3, 0.4) is 0 Å². The lowest BCUT2D eigenvalue weighted by Gasteiger charge is -2.65. The lowest BCUT2D eigenvalue weighted by atomic mass is 9.43. The smallest absolute Gasteiger partial charge is 0.169 e. The molecular weight excluding hydrogens is 460 g/mol. The van der Waals surface area contributed by atoms with Gasteiger partial charge in [-0.1, -0.05) is 29.8 Å². The lowest BCUT2D eigenvalue weighted by Crippen LogP contribution is -2.68. The van der Waals surface area contributed by atoms with Crippen molar-refractivity contribution >= 4 is 21.7 Å². The molecule has 1 spiro atoms. The number of carbonyl (C=O) groups excluding carboxylic acids is 1. The van der Waals surface area contributed by atoms with E-state index in [9.17, 15) is 4.79 Å². The molecule has 2 aliphatic heterocycles. The summed E-state index contributed by atoms with van der Waals surface area (Å²) in [5.41, 5.74) is -0.0912. The number of alkyl halides is 1. The van der Waals surface area contributed by atoms with Crippen LogP contribution in [0.2, 0.25) is 0 Å². The molecule has 4 aliphatic carbocycles. The van der Waals surface area contributed by atoms with Crippen molar-refractivity contribution in [3.63, 3.8) is 0 Å². The fourth-order valence-electron chi connectivity index (χ4n) is 9.27. The topological polar surface area (TPSA) is 54.0 Å². The fourth-order valence-corrected chi connectivity index (χ4v) is 10.5. The number of Topliss-reactive ketones (excluding diaryl/α,β-unsaturated/α-hetero) is 1. The van der Waals surface area contributed by atoms with Crippen LogP contribution in [0, 0.1) is 34.5 Å². The minimum absolute atomic E-state index is 0.0444. The van der Waals surface area contributed by atoms with Crippen LogP contribution in [0.5, 0.6) is 0 Å². The van der Waals surface area contributed by atoms with Gasteiger partial charge in [0.25, 0.3) is 0 Å². The van der Waals surface area contributed by atoms with Crippen molar-refractivity contribution < 1.29 is 23.7 Å². The van der Waals surface area contributed by atoms with Crippen LogP contribution in [-0.2, 0) is 23.7 Å². The molecule has 31 heavy (non-hydrogen) atoms. The summed E-state index contributed by atoms with van der Waals surface area (Å²) in [5, 5.41) is 0. The molecule has 2 heterocycles. The average molecular weight is 497 g/mol. The maximum Gasteiger partial charge on any atom is 0.169 e. The van der Waals surface area contributed by atoms with Gasteiger partial charge in [0.15, 0.2) is 17.4 Å². The molecule has 0 aromatic heterocycles.